The molecule has 16 heavy (non-hydrogen) atoms. The Bertz CT molecular complexity index is 501. The number of carbonyl (C=O) groups excluding carboxylic acids is 1. The SMILES string of the molecule is NS(=O)(=O)c1cc(C(=O)OCC2CC2)cs1. The van der Waals surface area contributed by atoms with Crippen molar-refractivity contribution in [2.24, 2.45) is 11.1 Å². The first-order valence-electron chi connectivity index (χ1n) is 4.75. The normalized spacial score (nSPS) is 16.1. The summed E-state index contributed by atoms with van der Waals surface area (Å²) >= 11 is 0.921. The third-order valence-electron chi connectivity index (χ3n) is 2.24. The van der Waals surface area contributed by atoms with Gasteiger partial charge >= 0.3 is 5.97 Å². The van der Waals surface area contributed by atoms with Crippen LogP contribution in [0.3, 0.4) is 0 Å². The number of ether oxygens (including phenoxy) is 1. The lowest BCUT2D eigenvalue weighted by Crippen LogP contribution is -2.10. The highest BCUT2D eigenvalue weighted by Gasteiger charge is 2.24. The Morgan fingerprint density at radius 1 is 1.56 bits per heavy atom. The van der Waals surface area contributed by atoms with Crippen LogP contribution >= 0.6 is 11.3 Å². The lowest BCUT2D eigenvalue weighted by molar-refractivity contribution is 0.0486. The summed E-state index contributed by atoms with van der Waals surface area (Å²) in [6, 6.07) is 1.25. The van der Waals surface area contributed by atoms with Crippen LogP contribution in [0.5, 0.6) is 0 Å². The van der Waals surface area contributed by atoms with Gasteiger partial charge in [-0.05, 0) is 24.8 Å². The van der Waals surface area contributed by atoms with Crippen molar-refractivity contribution in [3.63, 3.8) is 0 Å². The van der Waals surface area contributed by atoms with Crippen LogP contribution in [0.4, 0.5) is 0 Å². The van der Waals surface area contributed by atoms with E-state index >= 15 is 0 Å². The predicted molar refractivity (Wildman–Crippen MR) is 58.7 cm³/mol. The summed E-state index contributed by atoms with van der Waals surface area (Å²) in [5.74, 6) is -0.00153. The zero-order valence-corrected chi connectivity index (χ0v) is 10.0. The van der Waals surface area contributed by atoms with Gasteiger partial charge in [-0.1, -0.05) is 0 Å². The van der Waals surface area contributed by atoms with Crippen LogP contribution in [0.1, 0.15) is 23.2 Å². The van der Waals surface area contributed by atoms with E-state index in [1.54, 1.807) is 0 Å². The molecule has 0 atom stereocenters. The van der Waals surface area contributed by atoms with Crippen molar-refractivity contribution in [1.29, 1.82) is 0 Å². The molecular weight excluding hydrogens is 250 g/mol. The van der Waals surface area contributed by atoms with Crippen LogP contribution < -0.4 is 5.14 Å². The van der Waals surface area contributed by atoms with Gasteiger partial charge in [0.05, 0.1) is 12.2 Å². The van der Waals surface area contributed by atoms with Gasteiger partial charge in [-0.3, -0.25) is 0 Å². The largest absolute Gasteiger partial charge is 0.462 e. The van der Waals surface area contributed by atoms with E-state index < -0.39 is 16.0 Å². The van der Waals surface area contributed by atoms with Gasteiger partial charge in [-0.2, -0.15) is 0 Å². The summed E-state index contributed by atoms with van der Waals surface area (Å²) in [7, 11) is -3.72. The number of rotatable bonds is 4. The average Bonchev–Trinajstić information content (AvgIpc) is 2.86. The van der Waals surface area contributed by atoms with Crippen molar-refractivity contribution in [2.75, 3.05) is 6.61 Å². The van der Waals surface area contributed by atoms with E-state index in [1.807, 2.05) is 0 Å². The molecule has 0 amide bonds. The van der Waals surface area contributed by atoms with Gasteiger partial charge in [0.1, 0.15) is 4.21 Å². The highest BCUT2D eigenvalue weighted by Crippen LogP contribution is 2.29. The van der Waals surface area contributed by atoms with E-state index in [4.69, 9.17) is 9.88 Å². The predicted octanol–water partition coefficient (Wildman–Crippen LogP) is 0.962. The summed E-state index contributed by atoms with van der Waals surface area (Å²) in [5.41, 5.74) is 0.245. The quantitative estimate of drug-likeness (QED) is 0.818. The van der Waals surface area contributed by atoms with Crippen molar-refractivity contribution in [2.45, 2.75) is 17.1 Å². The zero-order valence-electron chi connectivity index (χ0n) is 8.38. The summed E-state index contributed by atoms with van der Waals surface area (Å²) in [4.78, 5) is 11.5. The second-order valence-electron chi connectivity index (χ2n) is 3.74. The van der Waals surface area contributed by atoms with E-state index in [2.05, 4.69) is 0 Å². The second-order valence-corrected chi connectivity index (χ2v) is 6.44. The molecule has 5 nitrogen and oxygen atoms in total. The first-order valence-corrected chi connectivity index (χ1v) is 7.18. The zero-order chi connectivity index (χ0) is 11.8. The van der Waals surface area contributed by atoms with Gasteiger partial charge in [0, 0.05) is 5.38 Å². The Morgan fingerprint density at radius 2 is 2.25 bits per heavy atom. The Balaban J connectivity index is 2.02. The van der Waals surface area contributed by atoms with Crippen LogP contribution in [0, 0.1) is 5.92 Å². The molecule has 0 aromatic carbocycles. The van der Waals surface area contributed by atoms with Gasteiger partial charge in [0.25, 0.3) is 0 Å². The van der Waals surface area contributed by atoms with Crippen LogP contribution in [0.2, 0.25) is 0 Å². The molecule has 1 heterocycles. The molecular formula is C9H11NO4S2. The minimum absolute atomic E-state index is 0.0223. The highest BCUT2D eigenvalue weighted by molar-refractivity contribution is 7.91. The standard InChI is InChI=1S/C9H11NO4S2/c10-16(12,13)8-3-7(5-15-8)9(11)14-4-6-1-2-6/h3,5-6H,1-2,4H2,(H2,10,12,13). The molecule has 1 aliphatic rings. The Morgan fingerprint density at radius 3 is 2.75 bits per heavy atom. The first-order chi connectivity index (χ1) is 7.47. The van der Waals surface area contributed by atoms with E-state index in [1.165, 1.54) is 11.4 Å². The monoisotopic (exact) mass is 261 g/mol. The lowest BCUT2D eigenvalue weighted by Gasteiger charge is -2.00. The van der Waals surface area contributed by atoms with Gasteiger partial charge in [-0.15, -0.1) is 11.3 Å². The molecule has 2 rings (SSSR count). The van der Waals surface area contributed by atoms with Gasteiger partial charge in [0.2, 0.25) is 10.0 Å². The maximum absolute atomic E-state index is 11.5. The number of primary sulfonamides is 1. The first kappa shape index (κ1) is 11.6. The van der Waals surface area contributed by atoms with Crippen molar-refractivity contribution in [3.05, 3.63) is 17.0 Å². The van der Waals surface area contributed by atoms with Crippen molar-refractivity contribution < 1.29 is 17.9 Å². The van der Waals surface area contributed by atoms with E-state index in [0.717, 1.165) is 24.2 Å². The molecule has 2 N–H and O–H groups in total. The minimum atomic E-state index is -3.72. The smallest absolute Gasteiger partial charge is 0.339 e. The van der Waals surface area contributed by atoms with Crippen molar-refractivity contribution in [3.8, 4) is 0 Å². The molecule has 0 unspecified atom stereocenters. The molecule has 1 fully saturated rings. The number of esters is 1. The fourth-order valence-electron chi connectivity index (χ4n) is 1.13. The molecule has 0 aliphatic heterocycles. The lowest BCUT2D eigenvalue weighted by atomic mass is 10.3. The number of nitrogens with two attached hydrogens (primary N) is 1. The molecule has 1 aromatic rings. The Hall–Kier alpha value is -0.920. The molecule has 1 aromatic heterocycles. The van der Waals surface area contributed by atoms with Crippen LogP contribution in [0.25, 0.3) is 0 Å². The maximum Gasteiger partial charge on any atom is 0.339 e. The molecule has 1 saturated carbocycles. The maximum atomic E-state index is 11.5. The average molecular weight is 261 g/mol. The minimum Gasteiger partial charge on any atom is -0.462 e. The van der Waals surface area contributed by atoms with E-state index in [-0.39, 0.29) is 9.77 Å². The molecule has 0 saturated heterocycles. The topological polar surface area (TPSA) is 86.5 Å². The Kier molecular flexibility index (Phi) is 3.00. The van der Waals surface area contributed by atoms with Gasteiger partial charge in [-0.25, -0.2) is 18.4 Å². The van der Waals surface area contributed by atoms with Crippen LogP contribution in [0.15, 0.2) is 15.7 Å². The van der Waals surface area contributed by atoms with Gasteiger partial charge in [0.15, 0.2) is 0 Å². The fraction of sp³-hybridized carbons (Fsp3) is 0.444. The highest BCUT2D eigenvalue weighted by atomic mass is 32.2. The molecule has 0 bridgehead atoms. The molecule has 7 heteroatoms. The summed E-state index contributed by atoms with van der Waals surface area (Å²) in [6.07, 6.45) is 2.19. The van der Waals surface area contributed by atoms with Gasteiger partial charge < -0.3 is 4.74 Å². The molecule has 88 valence electrons. The third-order valence-corrected chi connectivity index (χ3v) is 4.62. The molecule has 0 spiro atoms. The van der Waals surface area contributed by atoms with Crippen LogP contribution in [-0.2, 0) is 14.8 Å². The Labute approximate surface area is 97.3 Å². The van der Waals surface area contributed by atoms with E-state index in [9.17, 15) is 13.2 Å². The number of sulfonamides is 1. The van der Waals surface area contributed by atoms with E-state index in [0.29, 0.717) is 12.5 Å². The third kappa shape index (κ3) is 2.81. The van der Waals surface area contributed by atoms with Crippen molar-refractivity contribution in [1.82, 2.24) is 0 Å². The molecule has 1 aliphatic carbocycles. The summed E-state index contributed by atoms with van der Waals surface area (Å²) < 4.78 is 26.9. The number of carbonyl (C=O) groups is 1. The van der Waals surface area contributed by atoms with Crippen molar-refractivity contribution >= 4 is 27.3 Å². The summed E-state index contributed by atoms with van der Waals surface area (Å²) in [5, 5.41) is 6.37. The summed E-state index contributed by atoms with van der Waals surface area (Å²) in [6.45, 7) is 0.416. The number of hydrogen-bond acceptors (Lipinski definition) is 5. The second kappa shape index (κ2) is 4.15. The number of thiophene rings is 1. The molecule has 0 radical (unpaired) electrons. The fourth-order valence-corrected chi connectivity index (χ4v) is 2.71. The number of hydrogen-bond donors (Lipinski definition) is 1. The van der Waals surface area contributed by atoms with Crippen LogP contribution in [-0.4, -0.2) is 21.0 Å².